The molecule has 3 heterocycles. The fourth-order valence-electron chi connectivity index (χ4n) is 4.29. The molecule has 0 radical (unpaired) electrons. The van der Waals surface area contributed by atoms with Gasteiger partial charge in [0.05, 0.1) is 12.9 Å². The second-order valence-corrected chi connectivity index (χ2v) is 7.40. The lowest BCUT2D eigenvalue weighted by atomic mass is 9.79. The quantitative estimate of drug-likeness (QED) is 0.725. The number of anilines is 1. The highest BCUT2D eigenvalue weighted by Crippen LogP contribution is 2.44. The van der Waals surface area contributed by atoms with E-state index in [1.807, 2.05) is 54.9 Å². The zero-order valence-electron chi connectivity index (χ0n) is 16.4. The minimum absolute atomic E-state index is 0.0229. The molecule has 1 aromatic carbocycles. The summed E-state index contributed by atoms with van der Waals surface area (Å²) in [5.41, 5.74) is 2.61. The van der Waals surface area contributed by atoms with Crippen LogP contribution in [0.15, 0.2) is 58.3 Å². The SMILES string of the molecule is CCOc1cccc([C@H]2C3=C(C[C@@H](c4ccco4)CC3=O)Nc3nc(C)nn32)c1. The lowest BCUT2D eigenvalue weighted by Crippen LogP contribution is -2.33. The number of hydrogen-bond donors (Lipinski definition) is 1. The average molecular weight is 390 g/mol. The van der Waals surface area contributed by atoms with E-state index in [9.17, 15) is 4.79 Å². The van der Waals surface area contributed by atoms with Crippen molar-refractivity contribution in [2.75, 3.05) is 11.9 Å². The van der Waals surface area contributed by atoms with E-state index in [2.05, 4.69) is 15.4 Å². The number of carbonyl (C=O) groups is 1. The van der Waals surface area contributed by atoms with E-state index in [0.29, 0.717) is 31.2 Å². The second-order valence-electron chi connectivity index (χ2n) is 7.40. The van der Waals surface area contributed by atoms with Gasteiger partial charge in [0.25, 0.3) is 0 Å². The van der Waals surface area contributed by atoms with Crippen molar-refractivity contribution in [3.8, 4) is 5.75 Å². The summed E-state index contributed by atoms with van der Waals surface area (Å²) in [6.45, 7) is 4.39. The Labute approximate surface area is 168 Å². The molecule has 1 N–H and O–H groups in total. The van der Waals surface area contributed by atoms with Crippen molar-refractivity contribution in [1.29, 1.82) is 0 Å². The Hall–Kier alpha value is -3.35. The molecule has 2 aliphatic rings. The first-order valence-electron chi connectivity index (χ1n) is 9.86. The molecule has 7 nitrogen and oxygen atoms in total. The zero-order chi connectivity index (χ0) is 20.0. The summed E-state index contributed by atoms with van der Waals surface area (Å²) in [5.74, 6) is 3.06. The van der Waals surface area contributed by atoms with Crippen molar-refractivity contribution in [3.63, 3.8) is 0 Å². The maximum absolute atomic E-state index is 13.3. The number of benzene rings is 1. The van der Waals surface area contributed by atoms with Crippen molar-refractivity contribution in [1.82, 2.24) is 14.8 Å². The zero-order valence-corrected chi connectivity index (χ0v) is 16.4. The van der Waals surface area contributed by atoms with Gasteiger partial charge in [0.15, 0.2) is 5.78 Å². The summed E-state index contributed by atoms with van der Waals surface area (Å²) in [5, 5.41) is 7.93. The van der Waals surface area contributed by atoms with Crippen molar-refractivity contribution in [2.45, 2.75) is 38.6 Å². The van der Waals surface area contributed by atoms with Gasteiger partial charge in [-0.05, 0) is 50.1 Å². The van der Waals surface area contributed by atoms with E-state index in [1.54, 1.807) is 6.26 Å². The third-order valence-electron chi connectivity index (χ3n) is 5.46. The number of aromatic nitrogens is 3. The number of fused-ring (bicyclic) bond motifs is 1. The highest BCUT2D eigenvalue weighted by Gasteiger charge is 2.40. The molecule has 148 valence electrons. The van der Waals surface area contributed by atoms with Crippen LogP contribution in [0.1, 0.15) is 48.9 Å². The largest absolute Gasteiger partial charge is 0.494 e. The molecule has 2 aromatic heterocycles. The van der Waals surface area contributed by atoms with Crippen molar-refractivity contribution < 1.29 is 13.9 Å². The number of carbonyl (C=O) groups excluding carboxylic acids is 1. The molecule has 0 spiro atoms. The molecule has 5 rings (SSSR count). The number of ether oxygens (including phenoxy) is 1. The summed E-state index contributed by atoms with van der Waals surface area (Å²) in [6.07, 6.45) is 2.76. The molecule has 1 aliphatic carbocycles. The second kappa shape index (κ2) is 6.92. The number of rotatable bonds is 4. The highest BCUT2D eigenvalue weighted by atomic mass is 16.5. The van der Waals surface area contributed by atoms with Crippen LogP contribution in [0.4, 0.5) is 5.95 Å². The Morgan fingerprint density at radius 1 is 1.28 bits per heavy atom. The Morgan fingerprint density at radius 2 is 2.17 bits per heavy atom. The van der Waals surface area contributed by atoms with Crippen molar-refractivity contribution >= 4 is 11.7 Å². The summed E-state index contributed by atoms with van der Waals surface area (Å²) in [7, 11) is 0. The van der Waals surface area contributed by atoms with E-state index in [0.717, 1.165) is 28.3 Å². The molecule has 0 saturated heterocycles. The molecule has 1 aliphatic heterocycles. The van der Waals surface area contributed by atoms with Crippen LogP contribution in [0.3, 0.4) is 0 Å². The van der Waals surface area contributed by atoms with E-state index in [4.69, 9.17) is 9.15 Å². The van der Waals surface area contributed by atoms with Gasteiger partial charge in [-0.25, -0.2) is 4.68 Å². The van der Waals surface area contributed by atoms with E-state index >= 15 is 0 Å². The average Bonchev–Trinajstić information content (AvgIpc) is 3.35. The predicted molar refractivity (Wildman–Crippen MR) is 107 cm³/mol. The first-order valence-corrected chi connectivity index (χ1v) is 9.86. The summed E-state index contributed by atoms with van der Waals surface area (Å²) in [6, 6.07) is 11.3. The molecule has 0 fully saturated rings. The van der Waals surface area contributed by atoms with Crippen LogP contribution >= 0.6 is 0 Å². The van der Waals surface area contributed by atoms with Crippen LogP contribution in [-0.4, -0.2) is 27.2 Å². The lowest BCUT2D eigenvalue weighted by Gasteiger charge is -2.34. The van der Waals surface area contributed by atoms with Crippen LogP contribution < -0.4 is 10.1 Å². The molecule has 0 amide bonds. The predicted octanol–water partition coefficient (Wildman–Crippen LogP) is 3.99. The topological polar surface area (TPSA) is 82.2 Å². The lowest BCUT2D eigenvalue weighted by molar-refractivity contribution is -0.117. The highest BCUT2D eigenvalue weighted by molar-refractivity contribution is 6.00. The van der Waals surface area contributed by atoms with Gasteiger partial charge in [-0.2, -0.15) is 10.1 Å². The van der Waals surface area contributed by atoms with Crippen LogP contribution in [-0.2, 0) is 4.79 Å². The fraction of sp³-hybridized carbons (Fsp3) is 0.318. The molecular weight excluding hydrogens is 368 g/mol. The van der Waals surface area contributed by atoms with Gasteiger partial charge in [0, 0.05) is 23.6 Å². The summed E-state index contributed by atoms with van der Waals surface area (Å²) in [4.78, 5) is 17.8. The van der Waals surface area contributed by atoms with Crippen molar-refractivity contribution in [3.05, 3.63) is 71.1 Å². The first kappa shape index (κ1) is 17.7. The molecule has 7 heteroatoms. The number of allylic oxidation sites excluding steroid dienone is 2. The Balaban J connectivity index is 1.62. The molecule has 0 bridgehead atoms. The third-order valence-corrected chi connectivity index (χ3v) is 5.46. The molecular formula is C22H22N4O3. The number of furan rings is 1. The van der Waals surface area contributed by atoms with Gasteiger partial charge in [-0.15, -0.1) is 0 Å². The normalized spacial score (nSPS) is 20.8. The monoisotopic (exact) mass is 390 g/mol. The standard InChI is InChI=1S/C22H22N4O3/c1-3-28-16-7-4-6-14(10-16)21-20-17(24-22-23-13(2)25-26(21)22)11-15(12-18(20)27)19-8-5-9-29-19/h4-10,15,21H,3,11-12H2,1-2H3,(H,23,24,25)/t15-,21+/m1/s1. The number of Topliss-reactive ketones (excluding diaryl/α,β-unsaturated/α-hetero) is 1. The maximum atomic E-state index is 13.3. The number of hydrogen-bond acceptors (Lipinski definition) is 6. The summed E-state index contributed by atoms with van der Waals surface area (Å²) < 4.78 is 13.1. The van der Waals surface area contributed by atoms with Crippen LogP contribution in [0.2, 0.25) is 0 Å². The van der Waals surface area contributed by atoms with Gasteiger partial charge in [-0.1, -0.05) is 12.1 Å². The molecule has 29 heavy (non-hydrogen) atoms. The molecule has 3 aromatic rings. The Morgan fingerprint density at radius 3 is 2.97 bits per heavy atom. The van der Waals surface area contributed by atoms with Crippen LogP contribution in [0.25, 0.3) is 0 Å². The Bertz CT molecular complexity index is 1100. The number of nitrogens with zero attached hydrogens (tertiary/aromatic N) is 3. The van der Waals surface area contributed by atoms with Gasteiger partial charge in [0.1, 0.15) is 23.4 Å². The molecule has 2 atom stereocenters. The fourth-order valence-corrected chi connectivity index (χ4v) is 4.29. The van der Waals surface area contributed by atoms with Gasteiger partial charge in [-0.3, -0.25) is 4.79 Å². The number of nitrogens with one attached hydrogen (secondary N) is 1. The van der Waals surface area contributed by atoms with E-state index in [-0.39, 0.29) is 17.7 Å². The minimum Gasteiger partial charge on any atom is -0.494 e. The number of aryl methyl sites for hydroxylation is 1. The maximum Gasteiger partial charge on any atom is 0.226 e. The molecule has 0 saturated carbocycles. The molecule has 0 unspecified atom stereocenters. The van der Waals surface area contributed by atoms with Gasteiger partial charge >= 0.3 is 0 Å². The van der Waals surface area contributed by atoms with Gasteiger partial charge < -0.3 is 14.5 Å². The van der Waals surface area contributed by atoms with Crippen molar-refractivity contribution in [2.24, 2.45) is 0 Å². The van der Waals surface area contributed by atoms with Gasteiger partial charge in [0.2, 0.25) is 5.95 Å². The minimum atomic E-state index is -0.326. The Kier molecular flexibility index (Phi) is 4.23. The van der Waals surface area contributed by atoms with Crippen LogP contribution in [0, 0.1) is 6.92 Å². The van der Waals surface area contributed by atoms with E-state index < -0.39 is 0 Å². The smallest absolute Gasteiger partial charge is 0.226 e. The van der Waals surface area contributed by atoms with E-state index in [1.165, 1.54) is 0 Å². The number of ketones is 1. The summed E-state index contributed by atoms with van der Waals surface area (Å²) >= 11 is 0. The third kappa shape index (κ3) is 3.03. The first-order chi connectivity index (χ1) is 14.1. The van der Waals surface area contributed by atoms with Crippen LogP contribution in [0.5, 0.6) is 5.75 Å².